The van der Waals surface area contributed by atoms with E-state index in [1.165, 1.54) is 11.1 Å². The molecule has 116 valence electrons. The summed E-state index contributed by atoms with van der Waals surface area (Å²) in [6.45, 7) is 6.26. The van der Waals surface area contributed by atoms with Gasteiger partial charge in [-0.3, -0.25) is 0 Å². The Bertz CT molecular complexity index is 683. The first-order valence-corrected chi connectivity index (χ1v) is 7.77. The monoisotopic (exact) mass is 314 g/mol. The van der Waals surface area contributed by atoms with Crippen LogP contribution in [-0.2, 0) is 6.42 Å². The topological polar surface area (TPSA) is 33.3 Å². The van der Waals surface area contributed by atoms with Gasteiger partial charge in [0.05, 0.1) is 12.8 Å². The third-order valence-electron chi connectivity index (χ3n) is 3.58. The van der Waals surface area contributed by atoms with Crippen LogP contribution in [0.5, 0.6) is 5.75 Å². The number of nitrogens with one attached hydrogen (secondary N) is 2. The highest BCUT2D eigenvalue weighted by Crippen LogP contribution is 2.26. The van der Waals surface area contributed by atoms with Crippen molar-refractivity contribution in [2.75, 3.05) is 17.7 Å². The third kappa shape index (κ3) is 3.77. The van der Waals surface area contributed by atoms with E-state index in [2.05, 4.69) is 42.7 Å². The molecule has 0 bridgehead atoms. The lowest BCUT2D eigenvalue weighted by molar-refractivity contribution is 0.417. The molecule has 0 aliphatic heterocycles. The van der Waals surface area contributed by atoms with E-state index in [1.807, 2.05) is 25.1 Å². The standard InChI is InChI=1S/C18H22N2OS/c1-5-14-8-6-7-13(3)17(14)20-18(22)19-15-11-12(2)9-10-16(15)21-4/h6-11H,5H2,1-4H3,(H2,19,20,22). The molecule has 3 nitrogen and oxygen atoms in total. The van der Waals surface area contributed by atoms with Gasteiger partial charge in [-0.2, -0.15) is 0 Å². The summed E-state index contributed by atoms with van der Waals surface area (Å²) in [6, 6.07) is 12.2. The Kier molecular flexibility index (Phi) is 5.39. The van der Waals surface area contributed by atoms with Gasteiger partial charge in [-0.15, -0.1) is 0 Å². The van der Waals surface area contributed by atoms with Crippen LogP contribution in [0.3, 0.4) is 0 Å². The van der Waals surface area contributed by atoms with Gasteiger partial charge in [0.1, 0.15) is 5.75 Å². The first-order chi connectivity index (χ1) is 10.5. The molecule has 0 atom stereocenters. The quantitative estimate of drug-likeness (QED) is 0.803. The van der Waals surface area contributed by atoms with Crippen LogP contribution in [0.25, 0.3) is 0 Å². The van der Waals surface area contributed by atoms with Gasteiger partial charge < -0.3 is 15.4 Å². The zero-order chi connectivity index (χ0) is 16.1. The summed E-state index contributed by atoms with van der Waals surface area (Å²) in [7, 11) is 1.66. The summed E-state index contributed by atoms with van der Waals surface area (Å²) < 4.78 is 5.37. The lowest BCUT2D eigenvalue weighted by Crippen LogP contribution is -2.21. The highest BCUT2D eigenvalue weighted by molar-refractivity contribution is 7.80. The zero-order valence-electron chi connectivity index (χ0n) is 13.5. The molecule has 0 heterocycles. The van der Waals surface area contributed by atoms with Gasteiger partial charge in [-0.05, 0) is 61.3 Å². The van der Waals surface area contributed by atoms with Crippen LogP contribution < -0.4 is 15.4 Å². The van der Waals surface area contributed by atoms with Crippen LogP contribution >= 0.6 is 12.2 Å². The Labute approximate surface area is 137 Å². The van der Waals surface area contributed by atoms with Crippen LogP contribution in [0.2, 0.25) is 0 Å². The summed E-state index contributed by atoms with van der Waals surface area (Å²) in [4.78, 5) is 0. The smallest absolute Gasteiger partial charge is 0.175 e. The normalized spacial score (nSPS) is 10.2. The molecule has 0 amide bonds. The second-order valence-corrected chi connectivity index (χ2v) is 5.65. The Hall–Kier alpha value is -2.07. The van der Waals surface area contributed by atoms with Gasteiger partial charge in [0.25, 0.3) is 0 Å². The van der Waals surface area contributed by atoms with Crippen molar-refractivity contribution in [2.45, 2.75) is 27.2 Å². The summed E-state index contributed by atoms with van der Waals surface area (Å²) >= 11 is 5.46. The summed E-state index contributed by atoms with van der Waals surface area (Å²) in [5.41, 5.74) is 5.53. The molecule has 0 unspecified atom stereocenters. The van der Waals surface area contributed by atoms with Crippen LogP contribution in [0, 0.1) is 13.8 Å². The van der Waals surface area contributed by atoms with Gasteiger partial charge >= 0.3 is 0 Å². The average Bonchev–Trinajstić information content (AvgIpc) is 2.49. The highest BCUT2D eigenvalue weighted by Gasteiger charge is 2.09. The summed E-state index contributed by atoms with van der Waals surface area (Å²) in [5, 5.41) is 7.10. The predicted octanol–water partition coefficient (Wildman–Crippen LogP) is 4.68. The molecule has 2 rings (SSSR count). The Balaban J connectivity index is 2.19. The van der Waals surface area contributed by atoms with E-state index >= 15 is 0 Å². The molecule has 0 aliphatic carbocycles. The van der Waals surface area contributed by atoms with Crippen molar-refractivity contribution in [3.8, 4) is 5.75 Å². The van der Waals surface area contributed by atoms with Crippen molar-refractivity contribution in [1.29, 1.82) is 0 Å². The number of anilines is 2. The van der Waals surface area contributed by atoms with E-state index < -0.39 is 0 Å². The molecule has 0 fully saturated rings. The SMILES string of the molecule is CCc1cccc(C)c1NC(=S)Nc1cc(C)ccc1OC. The number of thiocarbonyl (C=S) groups is 1. The molecule has 0 radical (unpaired) electrons. The lowest BCUT2D eigenvalue weighted by atomic mass is 10.1. The minimum Gasteiger partial charge on any atom is -0.495 e. The van der Waals surface area contributed by atoms with Crippen molar-refractivity contribution >= 4 is 28.7 Å². The highest BCUT2D eigenvalue weighted by atomic mass is 32.1. The van der Waals surface area contributed by atoms with E-state index in [0.29, 0.717) is 5.11 Å². The van der Waals surface area contributed by atoms with Crippen LogP contribution in [-0.4, -0.2) is 12.2 Å². The molecule has 22 heavy (non-hydrogen) atoms. The molecular formula is C18H22N2OS. The summed E-state index contributed by atoms with van der Waals surface area (Å²) in [6.07, 6.45) is 0.959. The minimum atomic E-state index is 0.563. The number of rotatable bonds is 4. The van der Waals surface area contributed by atoms with E-state index in [4.69, 9.17) is 17.0 Å². The molecule has 0 saturated heterocycles. The van der Waals surface area contributed by atoms with E-state index in [-0.39, 0.29) is 0 Å². The first-order valence-electron chi connectivity index (χ1n) is 7.36. The van der Waals surface area contributed by atoms with E-state index in [1.54, 1.807) is 7.11 Å². The number of ether oxygens (including phenoxy) is 1. The number of aryl methyl sites for hydroxylation is 3. The molecule has 0 aliphatic rings. The van der Waals surface area contributed by atoms with Gasteiger partial charge in [0.2, 0.25) is 0 Å². The third-order valence-corrected chi connectivity index (χ3v) is 3.79. The molecular weight excluding hydrogens is 292 g/mol. The van der Waals surface area contributed by atoms with Crippen molar-refractivity contribution in [2.24, 2.45) is 0 Å². The second-order valence-electron chi connectivity index (χ2n) is 5.25. The maximum atomic E-state index is 5.46. The van der Waals surface area contributed by atoms with E-state index in [0.717, 1.165) is 29.1 Å². The Morgan fingerprint density at radius 1 is 1.14 bits per heavy atom. The molecule has 4 heteroatoms. The number of hydrogen-bond acceptors (Lipinski definition) is 2. The maximum absolute atomic E-state index is 5.46. The van der Waals surface area contributed by atoms with E-state index in [9.17, 15) is 0 Å². The minimum absolute atomic E-state index is 0.563. The van der Waals surface area contributed by atoms with Gasteiger partial charge in [0.15, 0.2) is 5.11 Å². The fourth-order valence-electron chi connectivity index (χ4n) is 2.39. The Morgan fingerprint density at radius 2 is 1.91 bits per heavy atom. The molecule has 0 saturated carbocycles. The van der Waals surface area contributed by atoms with Crippen molar-refractivity contribution in [3.63, 3.8) is 0 Å². The number of benzene rings is 2. The maximum Gasteiger partial charge on any atom is 0.175 e. The fraction of sp³-hybridized carbons (Fsp3) is 0.278. The zero-order valence-corrected chi connectivity index (χ0v) is 14.3. The number of methoxy groups -OCH3 is 1. The van der Waals surface area contributed by atoms with Crippen LogP contribution in [0.1, 0.15) is 23.6 Å². The Morgan fingerprint density at radius 3 is 2.59 bits per heavy atom. The second kappa shape index (κ2) is 7.27. The fourth-order valence-corrected chi connectivity index (χ4v) is 2.60. The summed E-state index contributed by atoms with van der Waals surface area (Å²) in [5.74, 6) is 0.773. The van der Waals surface area contributed by atoms with Gasteiger partial charge in [0, 0.05) is 5.69 Å². The molecule has 2 aromatic rings. The van der Waals surface area contributed by atoms with Crippen molar-refractivity contribution < 1.29 is 4.74 Å². The van der Waals surface area contributed by atoms with Crippen molar-refractivity contribution in [3.05, 3.63) is 53.1 Å². The predicted molar refractivity (Wildman–Crippen MR) is 98.1 cm³/mol. The number of hydrogen-bond donors (Lipinski definition) is 2. The average molecular weight is 314 g/mol. The lowest BCUT2D eigenvalue weighted by Gasteiger charge is -2.17. The van der Waals surface area contributed by atoms with Gasteiger partial charge in [-0.1, -0.05) is 31.2 Å². The molecule has 2 N–H and O–H groups in total. The van der Waals surface area contributed by atoms with Crippen LogP contribution in [0.15, 0.2) is 36.4 Å². The molecule has 0 spiro atoms. The van der Waals surface area contributed by atoms with Crippen molar-refractivity contribution in [1.82, 2.24) is 0 Å². The first kappa shape index (κ1) is 16.3. The largest absolute Gasteiger partial charge is 0.495 e. The molecule has 2 aromatic carbocycles. The van der Waals surface area contributed by atoms with Crippen LogP contribution in [0.4, 0.5) is 11.4 Å². The molecule has 0 aromatic heterocycles. The van der Waals surface area contributed by atoms with Gasteiger partial charge in [-0.25, -0.2) is 0 Å². The number of para-hydroxylation sites is 1.